The Balaban J connectivity index is 2.41. The molecule has 0 fully saturated rings. The summed E-state index contributed by atoms with van der Waals surface area (Å²) in [6.07, 6.45) is 2.39. The number of hydrogen-bond donors (Lipinski definition) is 0. The number of ether oxygens (including phenoxy) is 2. The van der Waals surface area contributed by atoms with E-state index in [9.17, 15) is 4.79 Å². The zero-order valence-corrected chi connectivity index (χ0v) is 13.7. The van der Waals surface area contributed by atoms with Crippen LogP contribution in [0.1, 0.15) is 5.56 Å². The van der Waals surface area contributed by atoms with Crippen molar-refractivity contribution in [1.29, 1.82) is 0 Å². The molecule has 0 aliphatic rings. The zero-order valence-electron chi connectivity index (χ0n) is 13.7. The molecule has 4 nitrogen and oxygen atoms in total. The monoisotopic (exact) mass is 322 g/mol. The Morgan fingerprint density at radius 1 is 1.08 bits per heavy atom. The van der Waals surface area contributed by atoms with Crippen LogP contribution in [0.3, 0.4) is 0 Å². The van der Waals surface area contributed by atoms with Gasteiger partial charge >= 0.3 is 0 Å². The first-order chi connectivity index (χ1) is 11.7. The number of benzene rings is 2. The Morgan fingerprint density at radius 3 is 2.58 bits per heavy atom. The third-order valence-corrected chi connectivity index (χ3v) is 3.88. The molecule has 4 heteroatoms. The highest BCUT2D eigenvalue weighted by molar-refractivity contribution is 5.85. The fourth-order valence-electron chi connectivity index (χ4n) is 2.77. The Hall–Kier alpha value is -3.01. The minimum Gasteiger partial charge on any atom is -0.496 e. The molecule has 0 amide bonds. The van der Waals surface area contributed by atoms with Gasteiger partial charge in [0.05, 0.1) is 25.2 Å². The number of methoxy groups -OCH3 is 2. The SMILES string of the molecule is C=CCc1cccc2c(=O)c(OC)c(-c3ccccc3OC)oc12. The molecule has 0 atom stereocenters. The smallest absolute Gasteiger partial charge is 0.235 e. The van der Waals surface area contributed by atoms with E-state index in [4.69, 9.17) is 13.9 Å². The summed E-state index contributed by atoms with van der Waals surface area (Å²) >= 11 is 0. The van der Waals surface area contributed by atoms with Crippen molar-refractivity contribution in [2.45, 2.75) is 6.42 Å². The van der Waals surface area contributed by atoms with E-state index in [1.807, 2.05) is 36.4 Å². The summed E-state index contributed by atoms with van der Waals surface area (Å²) in [5, 5.41) is 0.491. The van der Waals surface area contributed by atoms with Crippen molar-refractivity contribution < 1.29 is 13.9 Å². The fraction of sp³-hybridized carbons (Fsp3) is 0.150. The fourth-order valence-corrected chi connectivity index (χ4v) is 2.77. The Labute approximate surface area is 139 Å². The minimum atomic E-state index is -0.203. The van der Waals surface area contributed by atoms with Crippen LogP contribution in [0.5, 0.6) is 11.5 Å². The first kappa shape index (κ1) is 15.9. The van der Waals surface area contributed by atoms with Crippen molar-refractivity contribution in [3.63, 3.8) is 0 Å². The van der Waals surface area contributed by atoms with Crippen LogP contribution in [-0.2, 0) is 6.42 Å². The maximum atomic E-state index is 12.9. The Morgan fingerprint density at radius 2 is 1.88 bits per heavy atom. The van der Waals surface area contributed by atoms with E-state index in [1.54, 1.807) is 19.3 Å². The predicted octanol–water partition coefficient (Wildman–Crippen LogP) is 4.21. The van der Waals surface area contributed by atoms with E-state index in [0.29, 0.717) is 34.5 Å². The van der Waals surface area contributed by atoms with Gasteiger partial charge in [-0.05, 0) is 30.2 Å². The first-order valence-corrected chi connectivity index (χ1v) is 7.58. The van der Waals surface area contributed by atoms with E-state index < -0.39 is 0 Å². The van der Waals surface area contributed by atoms with Crippen LogP contribution in [0.4, 0.5) is 0 Å². The molecule has 0 aliphatic heterocycles. The molecule has 0 unspecified atom stereocenters. The molecular formula is C20H18O4. The molecule has 0 saturated carbocycles. The van der Waals surface area contributed by atoms with Crippen LogP contribution >= 0.6 is 0 Å². The van der Waals surface area contributed by atoms with Gasteiger partial charge in [-0.3, -0.25) is 4.79 Å². The van der Waals surface area contributed by atoms with Gasteiger partial charge < -0.3 is 13.9 Å². The average molecular weight is 322 g/mol. The van der Waals surface area contributed by atoms with Crippen molar-refractivity contribution >= 4 is 11.0 Å². The van der Waals surface area contributed by atoms with Crippen LogP contribution in [0.15, 0.2) is 64.3 Å². The first-order valence-electron chi connectivity index (χ1n) is 7.58. The van der Waals surface area contributed by atoms with Gasteiger partial charge in [0.1, 0.15) is 11.3 Å². The molecule has 0 N–H and O–H groups in total. The van der Waals surface area contributed by atoms with E-state index in [-0.39, 0.29) is 11.2 Å². The normalized spacial score (nSPS) is 10.6. The molecule has 0 radical (unpaired) electrons. The lowest BCUT2D eigenvalue weighted by Crippen LogP contribution is -2.08. The molecule has 0 bridgehead atoms. The zero-order chi connectivity index (χ0) is 17.1. The molecule has 0 saturated heterocycles. The molecule has 24 heavy (non-hydrogen) atoms. The molecule has 2 aromatic carbocycles. The van der Waals surface area contributed by atoms with E-state index in [0.717, 1.165) is 5.56 Å². The molecule has 0 aliphatic carbocycles. The van der Waals surface area contributed by atoms with E-state index in [2.05, 4.69) is 6.58 Å². The van der Waals surface area contributed by atoms with Gasteiger partial charge in [-0.25, -0.2) is 0 Å². The standard InChI is InChI=1S/C20H18O4/c1-4-8-13-9-7-11-15-17(21)20(23-3)19(24-18(13)15)14-10-5-6-12-16(14)22-2/h4-7,9-12H,1,8H2,2-3H3. The quantitative estimate of drug-likeness (QED) is 0.660. The van der Waals surface area contributed by atoms with Gasteiger partial charge in [0, 0.05) is 0 Å². The third kappa shape index (κ3) is 2.56. The molecule has 3 rings (SSSR count). The number of hydrogen-bond acceptors (Lipinski definition) is 4. The summed E-state index contributed by atoms with van der Waals surface area (Å²) in [5.41, 5.74) is 1.91. The lowest BCUT2D eigenvalue weighted by molar-refractivity contribution is 0.394. The van der Waals surface area contributed by atoms with Crippen molar-refractivity contribution in [1.82, 2.24) is 0 Å². The number of fused-ring (bicyclic) bond motifs is 1. The summed E-state index contributed by atoms with van der Waals surface area (Å²) in [5.74, 6) is 1.14. The highest BCUT2D eigenvalue weighted by Crippen LogP contribution is 2.37. The summed E-state index contributed by atoms with van der Waals surface area (Å²) in [4.78, 5) is 12.9. The van der Waals surface area contributed by atoms with Crippen LogP contribution in [0, 0.1) is 0 Å². The van der Waals surface area contributed by atoms with Crippen molar-refractivity contribution in [2.75, 3.05) is 14.2 Å². The van der Waals surface area contributed by atoms with Crippen molar-refractivity contribution in [3.05, 3.63) is 70.9 Å². The maximum absolute atomic E-state index is 12.9. The van der Waals surface area contributed by atoms with Crippen LogP contribution in [0.25, 0.3) is 22.3 Å². The Kier molecular flexibility index (Phi) is 4.38. The van der Waals surface area contributed by atoms with E-state index in [1.165, 1.54) is 7.11 Å². The molecule has 0 spiro atoms. The summed E-state index contributed by atoms with van der Waals surface area (Å²) in [7, 11) is 3.04. The van der Waals surface area contributed by atoms with Crippen molar-refractivity contribution in [3.8, 4) is 22.8 Å². The van der Waals surface area contributed by atoms with Gasteiger partial charge in [-0.1, -0.05) is 30.3 Å². The lowest BCUT2D eigenvalue weighted by Gasteiger charge is -2.13. The lowest BCUT2D eigenvalue weighted by atomic mass is 10.1. The maximum Gasteiger partial charge on any atom is 0.235 e. The molecule has 1 aromatic heterocycles. The van der Waals surface area contributed by atoms with Gasteiger partial charge in [0.15, 0.2) is 5.76 Å². The second kappa shape index (κ2) is 6.62. The van der Waals surface area contributed by atoms with Crippen LogP contribution < -0.4 is 14.9 Å². The number of rotatable bonds is 5. The van der Waals surface area contributed by atoms with Gasteiger partial charge in [-0.15, -0.1) is 6.58 Å². The number of para-hydroxylation sites is 2. The topological polar surface area (TPSA) is 48.7 Å². The molecule has 122 valence electrons. The predicted molar refractivity (Wildman–Crippen MR) is 94.9 cm³/mol. The molecule has 3 aromatic rings. The minimum absolute atomic E-state index is 0.169. The molecule has 1 heterocycles. The Bertz CT molecular complexity index is 954. The average Bonchev–Trinajstić information content (AvgIpc) is 2.62. The summed E-state index contributed by atoms with van der Waals surface area (Å²) in [6.45, 7) is 3.76. The largest absolute Gasteiger partial charge is 0.496 e. The van der Waals surface area contributed by atoms with Gasteiger partial charge in [0.25, 0.3) is 0 Å². The van der Waals surface area contributed by atoms with Crippen LogP contribution in [0.2, 0.25) is 0 Å². The number of allylic oxidation sites excluding steroid dienone is 1. The summed E-state index contributed by atoms with van der Waals surface area (Å²) in [6, 6.07) is 12.9. The third-order valence-electron chi connectivity index (χ3n) is 3.88. The van der Waals surface area contributed by atoms with Crippen LogP contribution in [-0.4, -0.2) is 14.2 Å². The molecular weight excluding hydrogens is 304 g/mol. The van der Waals surface area contributed by atoms with Gasteiger partial charge in [-0.2, -0.15) is 0 Å². The van der Waals surface area contributed by atoms with Gasteiger partial charge in [0.2, 0.25) is 11.2 Å². The summed E-state index contributed by atoms with van der Waals surface area (Å²) < 4.78 is 16.9. The second-order valence-corrected chi connectivity index (χ2v) is 5.28. The highest BCUT2D eigenvalue weighted by atomic mass is 16.5. The second-order valence-electron chi connectivity index (χ2n) is 5.28. The van der Waals surface area contributed by atoms with E-state index >= 15 is 0 Å². The highest BCUT2D eigenvalue weighted by Gasteiger charge is 2.20. The van der Waals surface area contributed by atoms with Crippen molar-refractivity contribution in [2.24, 2.45) is 0 Å².